The van der Waals surface area contributed by atoms with Gasteiger partial charge in [-0.2, -0.15) is 0 Å². The Labute approximate surface area is 188 Å². The van der Waals surface area contributed by atoms with Crippen molar-refractivity contribution >= 4 is 37.4 Å². The number of benzene rings is 3. The SMILES string of the molecule is Cc1ccc(S(=O)(=O)N[C@H](c2ccccc2)[C@@H](Br)C(=O)c2cccc([N+](=O)[O-])c2)cc1. The zero-order valence-corrected chi connectivity index (χ0v) is 18.8. The van der Waals surface area contributed by atoms with Gasteiger partial charge in [0.25, 0.3) is 5.69 Å². The molecule has 0 bridgehead atoms. The smallest absolute Gasteiger partial charge is 0.270 e. The normalized spacial score (nSPS) is 13.4. The van der Waals surface area contributed by atoms with Gasteiger partial charge in [0, 0.05) is 17.7 Å². The highest BCUT2D eigenvalue weighted by atomic mass is 79.9. The predicted molar refractivity (Wildman–Crippen MR) is 121 cm³/mol. The van der Waals surface area contributed by atoms with Gasteiger partial charge in [-0.15, -0.1) is 0 Å². The molecule has 1 N–H and O–H groups in total. The number of hydrogen-bond donors (Lipinski definition) is 1. The molecule has 0 aliphatic heterocycles. The number of sulfonamides is 1. The molecule has 0 aromatic heterocycles. The van der Waals surface area contributed by atoms with Crippen molar-refractivity contribution in [3.63, 3.8) is 0 Å². The van der Waals surface area contributed by atoms with Crippen molar-refractivity contribution in [1.29, 1.82) is 0 Å². The van der Waals surface area contributed by atoms with Crippen molar-refractivity contribution < 1.29 is 18.1 Å². The maximum atomic E-state index is 13.1. The molecule has 3 aromatic rings. The predicted octanol–water partition coefficient (Wildman–Crippen LogP) is 4.57. The molecule has 3 rings (SSSR count). The number of carbonyl (C=O) groups is 1. The van der Waals surface area contributed by atoms with Gasteiger partial charge < -0.3 is 0 Å². The molecule has 31 heavy (non-hydrogen) atoms. The lowest BCUT2D eigenvalue weighted by Gasteiger charge is -2.23. The summed E-state index contributed by atoms with van der Waals surface area (Å²) in [5, 5.41) is 11.1. The van der Waals surface area contributed by atoms with Crippen molar-refractivity contribution in [1.82, 2.24) is 4.72 Å². The van der Waals surface area contributed by atoms with E-state index in [1.165, 1.54) is 36.4 Å². The number of nitro groups is 1. The minimum Gasteiger partial charge on any atom is -0.293 e. The fourth-order valence-corrected chi connectivity index (χ4v) is 5.11. The minimum absolute atomic E-state index is 0.0709. The fourth-order valence-electron chi connectivity index (χ4n) is 2.99. The Morgan fingerprint density at radius 3 is 2.26 bits per heavy atom. The molecular weight excluding hydrogens is 484 g/mol. The van der Waals surface area contributed by atoms with Crippen LogP contribution in [0.3, 0.4) is 0 Å². The Morgan fingerprint density at radius 2 is 1.65 bits per heavy atom. The number of alkyl halides is 1. The van der Waals surface area contributed by atoms with E-state index >= 15 is 0 Å². The van der Waals surface area contributed by atoms with Crippen LogP contribution in [0.1, 0.15) is 27.5 Å². The van der Waals surface area contributed by atoms with E-state index in [0.29, 0.717) is 5.56 Å². The first-order valence-electron chi connectivity index (χ1n) is 9.26. The Morgan fingerprint density at radius 1 is 1.00 bits per heavy atom. The van der Waals surface area contributed by atoms with Crippen LogP contribution in [0.15, 0.2) is 83.8 Å². The molecule has 0 aliphatic carbocycles. The number of nitrogens with one attached hydrogen (secondary N) is 1. The fraction of sp³-hybridized carbons (Fsp3) is 0.136. The standard InChI is InChI=1S/C22H19BrN2O5S/c1-15-10-12-19(13-11-15)31(29,30)24-21(16-6-3-2-4-7-16)20(23)22(26)17-8-5-9-18(14-17)25(27)28/h2-14,20-21,24H,1H3/t20-,21-/m1/s1. The summed E-state index contributed by atoms with van der Waals surface area (Å²) in [5.74, 6) is -0.482. The number of rotatable bonds is 8. The molecular formula is C22H19BrN2O5S. The highest BCUT2D eigenvalue weighted by Crippen LogP contribution is 2.29. The van der Waals surface area contributed by atoms with Crippen molar-refractivity contribution in [2.75, 3.05) is 0 Å². The van der Waals surface area contributed by atoms with Crippen LogP contribution in [0.25, 0.3) is 0 Å². The van der Waals surface area contributed by atoms with Gasteiger partial charge in [0.2, 0.25) is 10.0 Å². The zero-order valence-electron chi connectivity index (χ0n) is 16.4. The molecule has 0 heterocycles. The van der Waals surface area contributed by atoms with Crippen LogP contribution in [-0.2, 0) is 10.0 Å². The average molecular weight is 503 g/mol. The van der Waals surface area contributed by atoms with Gasteiger partial charge in [0.1, 0.15) is 0 Å². The van der Waals surface area contributed by atoms with Crippen LogP contribution < -0.4 is 4.72 Å². The van der Waals surface area contributed by atoms with E-state index in [4.69, 9.17) is 0 Å². The van der Waals surface area contributed by atoms with E-state index in [1.807, 2.05) is 6.92 Å². The number of carbonyl (C=O) groups excluding carboxylic acids is 1. The van der Waals surface area contributed by atoms with Gasteiger partial charge in [-0.05, 0) is 24.6 Å². The quantitative estimate of drug-likeness (QED) is 0.210. The first kappa shape index (κ1) is 22.8. The van der Waals surface area contributed by atoms with Crippen LogP contribution >= 0.6 is 15.9 Å². The summed E-state index contributed by atoms with van der Waals surface area (Å²) < 4.78 is 28.6. The van der Waals surface area contributed by atoms with E-state index < -0.39 is 31.6 Å². The highest BCUT2D eigenvalue weighted by molar-refractivity contribution is 9.10. The molecule has 0 radical (unpaired) electrons. The van der Waals surface area contributed by atoms with Gasteiger partial charge in [0.15, 0.2) is 5.78 Å². The van der Waals surface area contributed by atoms with E-state index in [1.54, 1.807) is 42.5 Å². The van der Waals surface area contributed by atoms with E-state index in [9.17, 15) is 23.3 Å². The van der Waals surface area contributed by atoms with Gasteiger partial charge in [-0.25, -0.2) is 13.1 Å². The van der Waals surface area contributed by atoms with Crippen molar-refractivity contribution in [2.24, 2.45) is 0 Å². The minimum atomic E-state index is -3.95. The number of aryl methyl sites for hydroxylation is 1. The topological polar surface area (TPSA) is 106 Å². The summed E-state index contributed by atoms with van der Waals surface area (Å²) in [6.45, 7) is 1.85. The molecule has 3 aromatic carbocycles. The van der Waals surface area contributed by atoms with Gasteiger partial charge in [-0.3, -0.25) is 14.9 Å². The average Bonchev–Trinajstić information content (AvgIpc) is 2.77. The van der Waals surface area contributed by atoms with E-state index in [0.717, 1.165) is 5.56 Å². The van der Waals surface area contributed by atoms with Crippen LogP contribution in [0.5, 0.6) is 0 Å². The van der Waals surface area contributed by atoms with Gasteiger partial charge in [-0.1, -0.05) is 76.1 Å². The van der Waals surface area contributed by atoms with Crippen molar-refractivity contribution in [3.05, 3.63) is 106 Å². The molecule has 0 amide bonds. The van der Waals surface area contributed by atoms with Crippen molar-refractivity contribution in [2.45, 2.75) is 22.7 Å². The molecule has 2 atom stereocenters. The third-order valence-corrected chi connectivity index (χ3v) is 7.06. The van der Waals surface area contributed by atoms with Gasteiger partial charge in [0.05, 0.1) is 20.7 Å². The van der Waals surface area contributed by atoms with Crippen LogP contribution in [-0.4, -0.2) is 24.0 Å². The lowest BCUT2D eigenvalue weighted by atomic mass is 9.98. The maximum Gasteiger partial charge on any atom is 0.270 e. The van der Waals surface area contributed by atoms with E-state index in [2.05, 4.69) is 20.7 Å². The molecule has 0 unspecified atom stereocenters. The summed E-state index contributed by atoms with van der Waals surface area (Å²) in [7, 11) is -3.95. The van der Waals surface area contributed by atoms with Crippen LogP contribution in [0, 0.1) is 17.0 Å². The number of Topliss-reactive ketones (excluding diaryl/α,β-unsaturated/α-hetero) is 1. The van der Waals surface area contributed by atoms with Crippen LogP contribution in [0.4, 0.5) is 5.69 Å². The van der Waals surface area contributed by atoms with E-state index in [-0.39, 0.29) is 16.1 Å². The highest BCUT2D eigenvalue weighted by Gasteiger charge is 2.32. The monoisotopic (exact) mass is 502 g/mol. The molecule has 9 heteroatoms. The number of nitrogens with zero attached hydrogens (tertiary/aromatic N) is 1. The molecule has 0 aliphatic rings. The summed E-state index contributed by atoms with van der Waals surface area (Å²) in [4.78, 5) is 22.6. The number of non-ortho nitro benzene ring substituents is 1. The van der Waals surface area contributed by atoms with Crippen molar-refractivity contribution in [3.8, 4) is 0 Å². The number of nitro benzene ring substituents is 1. The Balaban J connectivity index is 1.97. The second-order valence-corrected chi connectivity index (χ2v) is 9.60. The largest absolute Gasteiger partial charge is 0.293 e. The first-order valence-corrected chi connectivity index (χ1v) is 11.7. The molecule has 160 valence electrons. The summed E-state index contributed by atoms with van der Waals surface area (Å²) in [5.41, 5.74) is 1.37. The number of halogens is 1. The molecule has 0 fully saturated rings. The maximum absolute atomic E-state index is 13.1. The summed E-state index contributed by atoms with van der Waals surface area (Å²) in [6.07, 6.45) is 0. The molecule has 0 saturated heterocycles. The Hall–Kier alpha value is -2.88. The summed E-state index contributed by atoms with van der Waals surface area (Å²) >= 11 is 3.34. The molecule has 7 nitrogen and oxygen atoms in total. The van der Waals surface area contributed by atoms with Gasteiger partial charge >= 0.3 is 0 Å². The first-order chi connectivity index (χ1) is 14.7. The number of hydrogen-bond acceptors (Lipinski definition) is 5. The second-order valence-electron chi connectivity index (χ2n) is 6.90. The number of ketones is 1. The molecule has 0 spiro atoms. The third-order valence-electron chi connectivity index (χ3n) is 4.66. The lowest BCUT2D eigenvalue weighted by molar-refractivity contribution is -0.384. The Kier molecular flexibility index (Phi) is 6.99. The Bertz CT molecular complexity index is 1200. The zero-order chi connectivity index (χ0) is 22.6. The van der Waals surface area contributed by atoms with Crippen LogP contribution in [0.2, 0.25) is 0 Å². The third kappa shape index (κ3) is 5.43. The molecule has 0 saturated carbocycles. The summed E-state index contributed by atoms with van der Waals surface area (Å²) in [6, 6.07) is 19.4. The second kappa shape index (κ2) is 9.51. The lowest BCUT2D eigenvalue weighted by Crippen LogP contribution is -2.37.